The van der Waals surface area contributed by atoms with Gasteiger partial charge < -0.3 is 0 Å². The van der Waals surface area contributed by atoms with Gasteiger partial charge in [0.1, 0.15) is 0 Å². The van der Waals surface area contributed by atoms with Crippen LogP contribution in [-0.4, -0.2) is 9.73 Å². The Labute approximate surface area is 82.1 Å². The number of thiol groups is 1. The van der Waals surface area contributed by atoms with Crippen LogP contribution in [0.3, 0.4) is 0 Å². The summed E-state index contributed by atoms with van der Waals surface area (Å²) >= 11 is 4.49. The molecule has 0 fully saturated rings. The largest absolute Gasteiger partial charge is 0.262 e. The summed E-state index contributed by atoms with van der Waals surface area (Å²) in [5.41, 5.74) is 0. The van der Waals surface area contributed by atoms with E-state index < -0.39 is 0 Å². The first kappa shape index (κ1) is 8.51. The van der Waals surface area contributed by atoms with Gasteiger partial charge in [0.05, 0.1) is 11.6 Å². The molecule has 2 rings (SSSR count). The molecule has 0 saturated carbocycles. The van der Waals surface area contributed by atoms with Crippen molar-refractivity contribution in [2.45, 2.75) is 11.7 Å². The summed E-state index contributed by atoms with van der Waals surface area (Å²) < 4.78 is -0.226. The molecule has 0 amide bonds. The van der Waals surface area contributed by atoms with Gasteiger partial charge in [-0.3, -0.25) is 9.98 Å². The summed E-state index contributed by atoms with van der Waals surface area (Å²) in [6.45, 7) is 2.03. The van der Waals surface area contributed by atoms with Gasteiger partial charge in [-0.15, -0.1) is 0 Å². The molecule has 1 aromatic rings. The van der Waals surface area contributed by atoms with E-state index in [1.807, 2.05) is 19.1 Å². The zero-order chi connectivity index (χ0) is 9.31. The number of fused-ring (bicyclic) bond motifs is 1. The van der Waals surface area contributed by atoms with Crippen molar-refractivity contribution in [3.05, 3.63) is 41.3 Å². The van der Waals surface area contributed by atoms with E-state index in [0.717, 1.165) is 10.6 Å². The van der Waals surface area contributed by atoms with Gasteiger partial charge >= 0.3 is 0 Å². The predicted octanol–water partition coefficient (Wildman–Crippen LogP) is 0.698. The molecule has 0 spiro atoms. The van der Waals surface area contributed by atoms with Gasteiger partial charge in [0.2, 0.25) is 0 Å². The lowest BCUT2D eigenvalue weighted by Crippen LogP contribution is -2.27. The second-order valence-electron chi connectivity index (χ2n) is 3.25. The van der Waals surface area contributed by atoms with E-state index in [9.17, 15) is 0 Å². The van der Waals surface area contributed by atoms with Crippen molar-refractivity contribution < 1.29 is 0 Å². The maximum absolute atomic E-state index is 4.49. The predicted molar refractivity (Wildman–Crippen MR) is 56.0 cm³/mol. The summed E-state index contributed by atoms with van der Waals surface area (Å²) in [5.74, 6) is 0. The Bertz CT molecular complexity index is 460. The SMILES string of the molecule is CC1(S)C=CN=c2cnccc2=C1. The number of nitrogens with zero attached hydrogens (tertiary/aromatic N) is 2. The van der Waals surface area contributed by atoms with Crippen molar-refractivity contribution >= 4 is 18.7 Å². The standard InChI is InChI=1S/C10H10N2S/c1-10(13)3-5-12-9-7-11-4-2-8(9)6-10/h2-7,13H,1H3. The fourth-order valence-corrected chi connectivity index (χ4v) is 1.46. The van der Waals surface area contributed by atoms with Crippen LogP contribution in [0.1, 0.15) is 6.92 Å². The molecule has 3 heteroatoms. The van der Waals surface area contributed by atoms with Crippen molar-refractivity contribution in [3.8, 4) is 0 Å². The van der Waals surface area contributed by atoms with Crippen LogP contribution < -0.4 is 10.6 Å². The van der Waals surface area contributed by atoms with Gasteiger partial charge in [0.15, 0.2) is 0 Å². The summed E-state index contributed by atoms with van der Waals surface area (Å²) in [7, 11) is 0. The highest BCUT2D eigenvalue weighted by Gasteiger charge is 2.11. The second-order valence-corrected chi connectivity index (χ2v) is 4.21. The van der Waals surface area contributed by atoms with Crippen LogP contribution in [-0.2, 0) is 0 Å². The maximum atomic E-state index is 4.49. The molecular weight excluding hydrogens is 180 g/mol. The normalized spacial score (nSPS) is 25.4. The smallest absolute Gasteiger partial charge is 0.0882 e. The van der Waals surface area contributed by atoms with E-state index in [1.165, 1.54) is 0 Å². The second kappa shape index (κ2) is 3.00. The summed E-state index contributed by atoms with van der Waals surface area (Å²) in [6.07, 6.45) is 9.32. The van der Waals surface area contributed by atoms with E-state index in [1.54, 1.807) is 18.6 Å². The van der Waals surface area contributed by atoms with Crippen LogP contribution in [0, 0.1) is 0 Å². The molecule has 0 radical (unpaired) electrons. The number of rotatable bonds is 0. The quantitative estimate of drug-likeness (QED) is 0.598. The van der Waals surface area contributed by atoms with Crippen LogP contribution in [0.25, 0.3) is 6.08 Å². The molecule has 0 aliphatic carbocycles. The summed E-state index contributed by atoms with van der Waals surface area (Å²) in [4.78, 5) is 8.27. The first-order valence-electron chi connectivity index (χ1n) is 4.08. The molecule has 1 unspecified atom stereocenters. The molecule has 1 aliphatic rings. The van der Waals surface area contributed by atoms with Crippen molar-refractivity contribution in [3.63, 3.8) is 0 Å². The van der Waals surface area contributed by atoms with E-state index in [-0.39, 0.29) is 4.75 Å². The molecule has 13 heavy (non-hydrogen) atoms. The number of pyridine rings is 1. The molecule has 66 valence electrons. The Hall–Kier alpha value is -1.09. The molecule has 0 aromatic carbocycles. The Morgan fingerprint density at radius 1 is 1.46 bits per heavy atom. The Kier molecular flexibility index (Phi) is 1.96. The van der Waals surface area contributed by atoms with Gasteiger partial charge in [-0.1, -0.05) is 6.08 Å². The van der Waals surface area contributed by atoms with Crippen LogP contribution in [0.15, 0.2) is 35.7 Å². The first-order valence-corrected chi connectivity index (χ1v) is 4.53. The van der Waals surface area contributed by atoms with Gasteiger partial charge in [-0.05, 0) is 19.1 Å². The lowest BCUT2D eigenvalue weighted by molar-refractivity contribution is 1.07. The lowest BCUT2D eigenvalue weighted by atomic mass is 10.1. The van der Waals surface area contributed by atoms with Crippen LogP contribution in [0.2, 0.25) is 0 Å². The Morgan fingerprint density at radius 3 is 3.15 bits per heavy atom. The Morgan fingerprint density at radius 2 is 2.31 bits per heavy atom. The fourth-order valence-electron chi connectivity index (χ4n) is 1.26. The van der Waals surface area contributed by atoms with E-state index in [0.29, 0.717) is 0 Å². The van der Waals surface area contributed by atoms with Crippen LogP contribution >= 0.6 is 12.6 Å². The molecule has 0 N–H and O–H groups in total. The van der Waals surface area contributed by atoms with Crippen molar-refractivity contribution in [2.75, 3.05) is 0 Å². The average molecular weight is 190 g/mol. The van der Waals surface area contributed by atoms with Crippen LogP contribution in [0.4, 0.5) is 0 Å². The maximum Gasteiger partial charge on any atom is 0.0882 e. The minimum atomic E-state index is -0.226. The molecule has 2 nitrogen and oxygen atoms in total. The molecule has 1 atom stereocenters. The highest BCUT2D eigenvalue weighted by molar-refractivity contribution is 7.82. The summed E-state index contributed by atoms with van der Waals surface area (Å²) in [6, 6.07) is 1.94. The third-order valence-corrected chi connectivity index (χ3v) is 2.18. The molecule has 0 bridgehead atoms. The highest BCUT2D eigenvalue weighted by atomic mass is 32.1. The van der Waals surface area contributed by atoms with Crippen molar-refractivity contribution in [1.82, 2.24) is 4.98 Å². The van der Waals surface area contributed by atoms with Gasteiger partial charge in [0, 0.05) is 22.4 Å². The minimum absolute atomic E-state index is 0.226. The number of aromatic nitrogens is 1. The van der Waals surface area contributed by atoms with Gasteiger partial charge in [-0.2, -0.15) is 12.6 Å². The minimum Gasteiger partial charge on any atom is -0.262 e. The van der Waals surface area contributed by atoms with E-state index in [4.69, 9.17) is 0 Å². The average Bonchev–Trinajstić information content (AvgIpc) is 2.21. The monoisotopic (exact) mass is 190 g/mol. The molecule has 0 saturated heterocycles. The van der Waals surface area contributed by atoms with Crippen molar-refractivity contribution in [1.29, 1.82) is 0 Å². The van der Waals surface area contributed by atoms with E-state index in [2.05, 4.69) is 28.7 Å². The highest BCUT2D eigenvalue weighted by Crippen LogP contribution is 2.17. The zero-order valence-corrected chi connectivity index (χ0v) is 8.20. The van der Waals surface area contributed by atoms with E-state index >= 15 is 0 Å². The molecule has 2 heterocycles. The van der Waals surface area contributed by atoms with Gasteiger partial charge in [0.25, 0.3) is 0 Å². The summed E-state index contributed by atoms with van der Waals surface area (Å²) in [5, 5.41) is 1.98. The third kappa shape index (κ3) is 1.80. The topological polar surface area (TPSA) is 25.2 Å². The molecular formula is C10H10N2S. The number of hydrogen-bond donors (Lipinski definition) is 1. The number of hydrogen-bond acceptors (Lipinski definition) is 3. The Balaban J connectivity index is 2.77. The molecule has 1 aliphatic heterocycles. The van der Waals surface area contributed by atoms with Gasteiger partial charge in [-0.25, -0.2) is 0 Å². The lowest BCUT2D eigenvalue weighted by Gasteiger charge is -2.10. The van der Waals surface area contributed by atoms with Crippen LogP contribution in [0.5, 0.6) is 0 Å². The fraction of sp³-hybridized carbons (Fsp3) is 0.200. The molecule has 1 aromatic heterocycles. The third-order valence-electron chi connectivity index (χ3n) is 1.91. The van der Waals surface area contributed by atoms with Crippen molar-refractivity contribution in [2.24, 2.45) is 4.99 Å². The first-order chi connectivity index (χ1) is 6.17. The zero-order valence-electron chi connectivity index (χ0n) is 7.31.